The second-order valence-corrected chi connectivity index (χ2v) is 3.42. The minimum atomic E-state index is -0.495. The summed E-state index contributed by atoms with van der Waals surface area (Å²) in [5, 5.41) is 1.11. The van der Waals surface area contributed by atoms with Crippen LogP contribution in [0.1, 0.15) is 0 Å². The van der Waals surface area contributed by atoms with Gasteiger partial charge in [0.2, 0.25) is 5.95 Å². The van der Waals surface area contributed by atoms with Crippen LogP contribution in [0, 0.1) is 5.95 Å². The quantitative estimate of drug-likeness (QED) is 0.558. The fourth-order valence-corrected chi connectivity index (χ4v) is 1.57. The Labute approximate surface area is 84.4 Å². The van der Waals surface area contributed by atoms with Gasteiger partial charge in [-0.3, -0.25) is 0 Å². The lowest BCUT2D eigenvalue weighted by Gasteiger charge is -1.97. The summed E-state index contributed by atoms with van der Waals surface area (Å²) in [7, 11) is 0. The summed E-state index contributed by atoms with van der Waals surface area (Å²) < 4.78 is 12.7. The summed E-state index contributed by atoms with van der Waals surface area (Å²) in [4.78, 5) is 11.7. The molecule has 0 fully saturated rings. The number of aromatic nitrogens is 3. The van der Waals surface area contributed by atoms with E-state index in [0.717, 1.165) is 0 Å². The van der Waals surface area contributed by atoms with Crippen LogP contribution in [-0.4, -0.2) is 15.0 Å². The van der Waals surface area contributed by atoms with Crippen molar-refractivity contribution in [3.63, 3.8) is 0 Å². The highest BCUT2D eigenvalue weighted by atomic mass is 32.2. The highest BCUT2D eigenvalue weighted by Crippen LogP contribution is 2.21. The van der Waals surface area contributed by atoms with Crippen LogP contribution in [0.25, 0.3) is 0 Å². The molecule has 0 aliphatic heterocycles. The molecule has 0 radical (unpaired) electrons. The lowest BCUT2D eigenvalue weighted by Crippen LogP contribution is -1.87. The second kappa shape index (κ2) is 4.15. The van der Waals surface area contributed by atoms with Gasteiger partial charge in [-0.1, -0.05) is 6.07 Å². The Morgan fingerprint density at radius 3 is 2.57 bits per heavy atom. The molecular weight excluding hydrogens is 201 g/mol. The van der Waals surface area contributed by atoms with Gasteiger partial charge in [0, 0.05) is 12.4 Å². The van der Waals surface area contributed by atoms with Crippen molar-refractivity contribution in [1.82, 2.24) is 15.0 Å². The summed E-state index contributed by atoms with van der Waals surface area (Å²) in [5.41, 5.74) is 0. The van der Waals surface area contributed by atoms with Crippen molar-refractivity contribution in [3.05, 3.63) is 42.6 Å². The van der Waals surface area contributed by atoms with Crippen LogP contribution in [0.15, 0.2) is 46.8 Å². The van der Waals surface area contributed by atoms with Gasteiger partial charge < -0.3 is 0 Å². The molecule has 0 unspecified atom stereocenters. The first-order valence-electron chi connectivity index (χ1n) is 3.92. The molecule has 0 aliphatic carbocycles. The Balaban J connectivity index is 2.19. The summed E-state index contributed by atoms with van der Waals surface area (Å²) in [5.74, 6) is -0.495. The molecule has 70 valence electrons. The number of rotatable bonds is 2. The van der Waals surface area contributed by atoms with Crippen LogP contribution in [0.3, 0.4) is 0 Å². The minimum Gasteiger partial charge on any atom is -0.231 e. The van der Waals surface area contributed by atoms with Crippen LogP contribution in [0.2, 0.25) is 0 Å². The number of halogens is 1. The second-order valence-electron chi connectivity index (χ2n) is 2.43. The number of hydrogen-bond donors (Lipinski definition) is 0. The molecule has 0 spiro atoms. The largest absolute Gasteiger partial charge is 0.231 e. The average molecular weight is 207 g/mol. The molecule has 2 aromatic heterocycles. The van der Waals surface area contributed by atoms with Crippen molar-refractivity contribution in [2.45, 2.75) is 10.2 Å². The fraction of sp³-hybridized carbons (Fsp3) is 0. The predicted octanol–water partition coefficient (Wildman–Crippen LogP) is 2.16. The Morgan fingerprint density at radius 2 is 1.86 bits per heavy atom. The molecule has 5 heteroatoms. The van der Waals surface area contributed by atoms with Gasteiger partial charge in [0.1, 0.15) is 5.03 Å². The molecule has 2 heterocycles. The third-order valence-corrected chi connectivity index (χ3v) is 2.26. The zero-order valence-electron chi connectivity index (χ0n) is 7.09. The average Bonchev–Trinajstić information content (AvgIpc) is 2.19. The van der Waals surface area contributed by atoms with Crippen molar-refractivity contribution < 1.29 is 4.39 Å². The maximum absolute atomic E-state index is 12.7. The molecule has 0 atom stereocenters. The highest BCUT2D eigenvalue weighted by molar-refractivity contribution is 7.99. The normalized spacial score (nSPS) is 10.1. The van der Waals surface area contributed by atoms with E-state index in [0.29, 0.717) is 10.2 Å². The first kappa shape index (κ1) is 9.08. The standard InChI is InChI=1S/C9H6FN3S/c10-7-3-1-4-8(13-7)14-9-11-5-2-6-12-9/h1-6H. The van der Waals surface area contributed by atoms with Crippen LogP contribution in [0.4, 0.5) is 4.39 Å². The van der Waals surface area contributed by atoms with Gasteiger partial charge in [0.25, 0.3) is 0 Å². The van der Waals surface area contributed by atoms with Crippen LogP contribution >= 0.6 is 11.8 Å². The molecule has 0 N–H and O–H groups in total. The van der Waals surface area contributed by atoms with Gasteiger partial charge >= 0.3 is 0 Å². The first-order chi connectivity index (χ1) is 6.84. The maximum Gasteiger partial charge on any atom is 0.213 e. The van der Waals surface area contributed by atoms with E-state index in [4.69, 9.17) is 0 Å². The van der Waals surface area contributed by atoms with Crippen molar-refractivity contribution in [1.29, 1.82) is 0 Å². The molecule has 2 rings (SSSR count). The Bertz CT molecular complexity index is 421. The molecule has 14 heavy (non-hydrogen) atoms. The van der Waals surface area contributed by atoms with Gasteiger partial charge in [0.15, 0.2) is 5.16 Å². The lowest BCUT2D eigenvalue weighted by molar-refractivity contribution is 0.572. The molecule has 0 amide bonds. The van der Waals surface area contributed by atoms with E-state index in [1.807, 2.05) is 0 Å². The summed E-state index contributed by atoms with van der Waals surface area (Å²) >= 11 is 1.23. The smallest absolute Gasteiger partial charge is 0.213 e. The summed E-state index contributed by atoms with van der Waals surface area (Å²) in [6.07, 6.45) is 3.27. The van der Waals surface area contributed by atoms with E-state index in [2.05, 4.69) is 15.0 Å². The van der Waals surface area contributed by atoms with E-state index in [-0.39, 0.29) is 0 Å². The summed E-state index contributed by atoms with van der Waals surface area (Å²) in [6.45, 7) is 0. The van der Waals surface area contributed by atoms with Gasteiger partial charge in [-0.15, -0.1) is 0 Å². The molecule has 0 bridgehead atoms. The number of hydrogen-bond acceptors (Lipinski definition) is 4. The fourth-order valence-electron chi connectivity index (χ4n) is 0.878. The van der Waals surface area contributed by atoms with Crippen LogP contribution < -0.4 is 0 Å². The van der Waals surface area contributed by atoms with Crippen molar-refractivity contribution in [3.8, 4) is 0 Å². The Morgan fingerprint density at radius 1 is 1.07 bits per heavy atom. The molecule has 2 aromatic rings. The van der Waals surface area contributed by atoms with E-state index in [1.54, 1.807) is 30.6 Å². The van der Waals surface area contributed by atoms with E-state index >= 15 is 0 Å². The molecule has 3 nitrogen and oxygen atoms in total. The van der Waals surface area contributed by atoms with Crippen molar-refractivity contribution >= 4 is 11.8 Å². The maximum atomic E-state index is 12.7. The van der Waals surface area contributed by atoms with Crippen molar-refractivity contribution in [2.75, 3.05) is 0 Å². The molecule has 0 aliphatic rings. The SMILES string of the molecule is Fc1cccc(Sc2ncccn2)n1. The predicted molar refractivity (Wildman–Crippen MR) is 50.4 cm³/mol. The molecular formula is C9H6FN3S. The highest BCUT2D eigenvalue weighted by Gasteiger charge is 2.01. The van der Waals surface area contributed by atoms with Gasteiger partial charge in [-0.05, 0) is 30.0 Å². The van der Waals surface area contributed by atoms with E-state index in [9.17, 15) is 4.39 Å². The molecule has 0 aromatic carbocycles. The third-order valence-electron chi connectivity index (χ3n) is 1.43. The number of pyridine rings is 1. The monoisotopic (exact) mass is 207 g/mol. The summed E-state index contributed by atoms with van der Waals surface area (Å²) in [6, 6.07) is 6.34. The van der Waals surface area contributed by atoms with Gasteiger partial charge in [0.05, 0.1) is 0 Å². The first-order valence-corrected chi connectivity index (χ1v) is 4.74. The third kappa shape index (κ3) is 2.26. The number of nitrogens with zero attached hydrogens (tertiary/aromatic N) is 3. The van der Waals surface area contributed by atoms with E-state index in [1.165, 1.54) is 17.8 Å². The Kier molecular flexibility index (Phi) is 2.69. The van der Waals surface area contributed by atoms with Gasteiger partial charge in [-0.25, -0.2) is 15.0 Å². The lowest BCUT2D eigenvalue weighted by atomic mass is 10.5. The van der Waals surface area contributed by atoms with Crippen LogP contribution in [-0.2, 0) is 0 Å². The minimum absolute atomic E-state index is 0.495. The zero-order valence-corrected chi connectivity index (χ0v) is 7.91. The molecule has 0 saturated carbocycles. The van der Waals surface area contributed by atoms with Crippen LogP contribution in [0.5, 0.6) is 0 Å². The topological polar surface area (TPSA) is 38.7 Å². The van der Waals surface area contributed by atoms with Crippen molar-refractivity contribution in [2.24, 2.45) is 0 Å². The zero-order chi connectivity index (χ0) is 9.80. The molecule has 0 saturated heterocycles. The van der Waals surface area contributed by atoms with E-state index < -0.39 is 5.95 Å². The van der Waals surface area contributed by atoms with Gasteiger partial charge in [-0.2, -0.15) is 4.39 Å². The Hall–Kier alpha value is -1.49.